The SMILES string of the molecule is C[C@H](C1=CC=CC1)c1c[nH]c2ccccc12. The Morgan fingerprint density at radius 2 is 2.12 bits per heavy atom. The van der Waals surface area contributed by atoms with E-state index < -0.39 is 0 Å². The van der Waals surface area contributed by atoms with Crippen LogP contribution in [0.25, 0.3) is 10.9 Å². The number of benzene rings is 1. The molecule has 1 aliphatic rings. The van der Waals surface area contributed by atoms with E-state index in [1.54, 1.807) is 0 Å². The monoisotopic (exact) mass is 209 g/mol. The summed E-state index contributed by atoms with van der Waals surface area (Å²) < 4.78 is 0. The first-order valence-corrected chi connectivity index (χ1v) is 5.78. The fourth-order valence-electron chi connectivity index (χ4n) is 2.44. The predicted molar refractivity (Wildman–Crippen MR) is 68.6 cm³/mol. The zero-order valence-corrected chi connectivity index (χ0v) is 9.40. The quantitative estimate of drug-likeness (QED) is 0.764. The normalized spacial score (nSPS) is 16.7. The van der Waals surface area contributed by atoms with Gasteiger partial charge in [-0.2, -0.15) is 0 Å². The second-order valence-electron chi connectivity index (χ2n) is 4.39. The molecule has 1 aromatic carbocycles. The van der Waals surface area contributed by atoms with Crippen LogP contribution in [0.15, 0.2) is 54.3 Å². The maximum atomic E-state index is 3.34. The first-order valence-electron chi connectivity index (χ1n) is 5.78. The first kappa shape index (κ1) is 9.46. The van der Waals surface area contributed by atoms with Gasteiger partial charge in [0.1, 0.15) is 0 Å². The van der Waals surface area contributed by atoms with E-state index in [0.717, 1.165) is 6.42 Å². The third kappa shape index (κ3) is 1.40. The highest BCUT2D eigenvalue weighted by Crippen LogP contribution is 2.33. The van der Waals surface area contributed by atoms with Gasteiger partial charge in [-0.3, -0.25) is 0 Å². The Morgan fingerprint density at radius 3 is 2.94 bits per heavy atom. The fraction of sp³-hybridized carbons (Fsp3) is 0.200. The van der Waals surface area contributed by atoms with Gasteiger partial charge in [-0.15, -0.1) is 0 Å². The lowest BCUT2D eigenvalue weighted by Gasteiger charge is -2.11. The molecule has 0 saturated heterocycles. The summed E-state index contributed by atoms with van der Waals surface area (Å²) in [7, 11) is 0. The molecule has 1 aliphatic carbocycles. The molecular weight excluding hydrogens is 194 g/mol. The largest absolute Gasteiger partial charge is 0.361 e. The van der Waals surface area contributed by atoms with Gasteiger partial charge in [0.25, 0.3) is 0 Å². The van der Waals surface area contributed by atoms with Crippen LogP contribution < -0.4 is 0 Å². The Bertz CT molecular complexity index is 572. The van der Waals surface area contributed by atoms with Crippen molar-refractivity contribution >= 4 is 10.9 Å². The smallest absolute Gasteiger partial charge is 0.0457 e. The van der Waals surface area contributed by atoms with Crippen molar-refractivity contribution in [2.75, 3.05) is 0 Å². The summed E-state index contributed by atoms with van der Waals surface area (Å²) >= 11 is 0. The van der Waals surface area contributed by atoms with Crippen molar-refractivity contribution in [1.82, 2.24) is 4.98 Å². The standard InChI is InChI=1S/C15H15N/c1-11(12-6-2-3-7-12)14-10-16-15-9-5-4-8-13(14)15/h2-6,8-11,16H,7H2,1H3/t11-/m1/s1. The number of para-hydroxylation sites is 1. The lowest BCUT2D eigenvalue weighted by molar-refractivity contribution is 0.878. The number of H-pyrrole nitrogens is 1. The van der Waals surface area contributed by atoms with E-state index in [4.69, 9.17) is 0 Å². The van der Waals surface area contributed by atoms with Gasteiger partial charge in [0, 0.05) is 23.0 Å². The molecule has 0 saturated carbocycles. The Hall–Kier alpha value is -1.76. The molecule has 16 heavy (non-hydrogen) atoms. The molecule has 0 aliphatic heterocycles. The molecule has 0 amide bonds. The molecule has 2 aromatic rings. The molecule has 0 unspecified atom stereocenters. The molecule has 0 spiro atoms. The van der Waals surface area contributed by atoms with E-state index in [1.165, 1.54) is 22.0 Å². The van der Waals surface area contributed by atoms with Gasteiger partial charge in [0.2, 0.25) is 0 Å². The van der Waals surface area contributed by atoms with E-state index in [0.29, 0.717) is 5.92 Å². The fourth-order valence-corrected chi connectivity index (χ4v) is 2.44. The molecule has 3 rings (SSSR count). The van der Waals surface area contributed by atoms with Crippen LogP contribution in [0.3, 0.4) is 0 Å². The molecule has 1 nitrogen and oxygen atoms in total. The van der Waals surface area contributed by atoms with Crippen LogP contribution in [0, 0.1) is 0 Å². The average Bonchev–Trinajstić information content (AvgIpc) is 2.98. The van der Waals surface area contributed by atoms with Gasteiger partial charge in [-0.1, -0.05) is 48.9 Å². The minimum atomic E-state index is 0.506. The summed E-state index contributed by atoms with van der Waals surface area (Å²) in [4.78, 5) is 3.34. The van der Waals surface area contributed by atoms with Crippen LogP contribution in [0.5, 0.6) is 0 Å². The highest BCUT2D eigenvalue weighted by Gasteiger charge is 2.15. The van der Waals surface area contributed by atoms with Crippen molar-refractivity contribution in [1.29, 1.82) is 0 Å². The van der Waals surface area contributed by atoms with Crippen LogP contribution >= 0.6 is 0 Å². The Morgan fingerprint density at radius 1 is 1.25 bits per heavy atom. The van der Waals surface area contributed by atoms with E-state index >= 15 is 0 Å². The predicted octanol–water partition coefficient (Wildman–Crippen LogP) is 4.16. The topological polar surface area (TPSA) is 15.8 Å². The molecule has 0 bridgehead atoms. The minimum absolute atomic E-state index is 0.506. The zero-order chi connectivity index (χ0) is 11.0. The lowest BCUT2D eigenvalue weighted by Crippen LogP contribution is -1.94. The maximum Gasteiger partial charge on any atom is 0.0457 e. The second-order valence-corrected chi connectivity index (χ2v) is 4.39. The summed E-state index contributed by atoms with van der Waals surface area (Å²) in [6.07, 6.45) is 9.86. The summed E-state index contributed by atoms with van der Waals surface area (Å²) in [5.74, 6) is 0.506. The number of fused-ring (bicyclic) bond motifs is 1. The molecule has 1 N–H and O–H groups in total. The van der Waals surface area contributed by atoms with Crippen molar-refractivity contribution in [2.24, 2.45) is 0 Å². The second kappa shape index (κ2) is 3.67. The third-order valence-corrected chi connectivity index (χ3v) is 3.44. The Labute approximate surface area is 95.5 Å². The molecule has 1 heteroatoms. The van der Waals surface area contributed by atoms with Gasteiger partial charge in [0.05, 0.1) is 0 Å². The number of hydrogen-bond donors (Lipinski definition) is 1. The summed E-state index contributed by atoms with van der Waals surface area (Å²) in [5.41, 5.74) is 4.14. The Balaban J connectivity index is 2.05. The van der Waals surface area contributed by atoms with Crippen LogP contribution in [-0.4, -0.2) is 4.98 Å². The molecule has 0 radical (unpaired) electrons. The number of allylic oxidation sites excluding steroid dienone is 4. The van der Waals surface area contributed by atoms with Crippen molar-refractivity contribution in [3.63, 3.8) is 0 Å². The van der Waals surface area contributed by atoms with E-state index in [-0.39, 0.29) is 0 Å². The molecule has 1 aromatic heterocycles. The maximum absolute atomic E-state index is 3.34. The summed E-state index contributed by atoms with van der Waals surface area (Å²) in [6.45, 7) is 2.29. The molecule has 1 heterocycles. The van der Waals surface area contributed by atoms with Crippen LogP contribution in [-0.2, 0) is 0 Å². The van der Waals surface area contributed by atoms with E-state index in [1.807, 2.05) is 0 Å². The number of rotatable bonds is 2. The number of hydrogen-bond acceptors (Lipinski definition) is 0. The van der Waals surface area contributed by atoms with Gasteiger partial charge in [-0.05, 0) is 18.1 Å². The van der Waals surface area contributed by atoms with Crippen molar-refractivity contribution in [2.45, 2.75) is 19.3 Å². The van der Waals surface area contributed by atoms with Crippen LogP contribution in [0.4, 0.5) is 0 Å². The van der Waals surface area contributed by atoms with Crippen molar-refractivity contribution in [3.8, 4) is 0 Å². The van der Waals surface area contributed by atoms with Crippen LogP contribution in [0.1, 0.15) is 24.8 Å². The van der Waals surface area contributed by atoms with E-state index in [2.05, 4.69) is 60.6 Å². The van der Waals surface area contributed by atoms with Crippen molar-refractivity contribution < 1.29 is 0 Å². The average molecular weight is 209 g/mol. The van der Waals surface area contributed by atoms with Crippen molar-refractivity contribution in [3.05, 3.63) is 59.8 Å². The Kier molecular flexibility index (Phi) is 2.17. The first-order chi connectivity index (χ1) is 7.86. The number of aromatic nitrogens is 1. The van der Waals surface area contributed by atoms with Gasteiger partial charge >= 0.3 is 0 Å². The van der Waals surface area contributed by atoms with Gasteiger partial charge in [-0.25, -0.2) is 0 Å². The highest BCUT2D eigenvalue weighted by atomic mass is 14.7. The highest BCUT2D eigenvalue weighted by molar-refractivity contribution is 5.84. The molecule has 80 valence electrons. The van der Waals surface area contributed by atoms with Crippen LogP contribution in [0.2, 0.25) is 0 Å². The zero-order valence-electron chi connectivity index (χ0n) is 9.40. The van der Waals surface area contributed by atoms with Gasteiger partial charge < -0.3 is 4.98 Å². The molecular formula is C15H15N. The molecule has 0 fully saturated rings. The van der Waals surface area contributed by atoms with Gasteiger partial charge in [0.15, 0.2) is 0 Å². The lowest BCUT2D eigenvalue weighted by atomic mass is 9.92. The summed E-state index contributed by atoms with van der Waals surface area (Å²) in [5, 5.41) is 1.35. The number of aromatic amines is 1. The minimum Gasteiger partial charge on any atom is -0.361 e. The molecule has 1 atom stereocenters. The third-order valence-electron chi connectivity index (χ3n) is 3.44. The number of nitrogens with one attached hydrogen (secondary N) is 1. The van der Waals surface area contributed by atoms with E-state index in [9.17, 15) is 0 Å². The summed E-state index contributed by atoms with van der Waals surface area (Å²) in [6, 6.07) is 8.50.